The van der Waals surface area contributed by atoms with E-state index in [0.717, 1.165) is 46.0 Å². The largest absolute Gasteiger partial charge is 0.393 e. The van der Waals surface area contributed by atoms with Crippen LogP contribution < -0.4 is 0 Å². The molecule has 0 spiro atoms. The summed E-state index contributed by atoms with van der Waals surface area (Å²) in [6.45, 7) is 7.28. The molecular weight excluding hydrogens is 441 g/mol. The fourth-order valence-corrected chi connectivity index (χ4v) is 8.69. The number of hydrogen-bond donors (Lipinski definition) is 4. The molecule has 4 atom stereocenters. The lowest BCUT2D eigenvalue weighted by atomic mass is 10.5. The summed E-state index contributed by atoms with van der Waals surface area (Å²) in [6.07, 6.45) is -1.15. The van der Waals surface area contributed by atoms with Crippen molar-refractivity contribution in [2.45, 2.75) is 62.6 Å². The molecule has 0 aromatic carbocycles. The molecule has 0 saturated carbocycles. The van der Waals surface area contributed by atoms with Crippen LogP contribution in [0.2, 0.25) is 0 Å². The van der Waals surface area contributed by atoms with Gasteiger partial charge in [-0.2, -0.15) is 58.8 Å². The minimum absolute atomic E-state index is 0.287. The molecule has 0 radical (unpaired) electrons. The standard InChI is InChI=1S/C18H38O4S5/c1-13(19)5-23-9-17(10-24-6-14(2)20)27-18(11-25-7-15(3)21)12-26-8-16(4)22/h13-22H,5-12H2,1-4H3. The van der Waals surface area contributed by atoms with E-state index < -0.39 is 0 Å². The average Bonchev–Trinajstić information content (AvgIpc) is 2.52. The van der Waals surface area contributed by atoms with Gasteiger partial charge >= 0.3 is 0 Å². The Morgan fingerprint density at radius 1 is 0.444 bits per heavy atom. The van der Waals surface area contributed by atoms with Crippen LogP contribution in [0.3, 0.4) is 0 Å². The minimum atomic E-state index is -0.287. The predicted octanol–water partition coefficient (Wildman–Crippen LogP) is 2.91. The van der Waals surface area contributed by atoms with Gasteiger partial charge in [0, 0.05) is 56.5 Å². The summed E-state index contributed by atoms with van der Waals surface area (Å²) < 4.78 is 0. The normalized spacial score (nSPS) is 18.7. The lowest BCUT2D eigenvalue weighted by Gasteiger charge is -2.24. The van der Waals surface area contributed by atoms with Crippen LogP contribution in [-0.2, 0) is 0 Å². The van der Waals surface area contributed by atoms with Gasteiger partial charge in [0.25, 0.3) is 0 Å². The topological polar surface area (TPSA) is 80.9 Å². The number of rotatable bonds is 18. The SMILES string of the molecule is CC(O)CSCC(CSCC(C)O)SC(CSCC(C)O)CSCC(C)O. The highest BCUT2D eigenvalue weighted by atomic mass is 32.2. The van der Waals surface area contributed by atoms with Crippen molar-refractivity contribution >= 4 is 58.8 Å². The lowest BCUT2D eigenvalue weighted by molar-refractivity contribution is 0.220. The third kappa shape index (κ3) is 20.6. The van der Waals surface area contributed by atoms with E-state index >= 15 is 0 Å². The van der Waals surface area contributed by atoms with Gasteiger partial charge in [0.1, 0.15) is 0 Å². The maximum atomic E-state index is 9.51. The quantitative estimate of drug-likeness (QED) is 0.238. The van der Waals surface area contributed by atoms with Gasteiger partial charge in [-0.05, 0) is 27.7 Å². The van der Waals surface area contributed by atoms with E-state index in [9.17, 15) is 20.4 Å². The van der Waals surface area contributed by atoms with Crippen molar-refractivity contribution in [3.63, 3.8) is 0 Å². The molecular formula is C18H38O4S5. The zero-order valence-corrected chi connectivity index (χ0v) is 21.0. The molecule has 164 valence electrons. The van der Waals surface area contributed by atoms with E-state index in [4.69, 9.17) is 0 Å². The number of aliphatic hydroxyl groups excluding tert-OH is 4. The zero-order valence-electron chi connectivity index (χ0n) is 17.0. The Balaban J connectivity index is 4.61. The lowest BCUT2D eigenvalue weighted by Crippen LogP contribution is -2.22. The van der Waals surface area contributed by atoms with Crippen LogP contribution in [0.25, 0.3) is 0 Å². The van der Waals surface area contributed by atoms with E-state index in [1.807, 2.05) is 39.5 Å². The summed E-state index contributed by atoms with van der Waals surface area (Å²) in [5, 5.41) is 39.0. The van der Waals surface area contributed by atoms with Crippen molar-refractivity contribution < 1.29 is 20.4 Å². The number of aliphatic hydroxyl groups is 4. The molecule has 0 aromatic heterocycles. The fraction of sp³-hybridized carbons (Fsp3) is 1.00. The van der Waals surface area contributed by atoms with Gasteiger partial charge in [0.2, 0.25) is 0 Å². The summed E-state index contributed by atoms with van der Waals surface area (Å²) in [6, 6.07) is 0. The Kier molecular flexibility index (Phi) is 19.4. The molecule has 27 heavy (non-hydrogen) atoms. The first-order valence-corrected chi connectivity index (χ1v) is 15.0. The maximum Gasteiger partial charge on any atom is 0.0602 e. The zero-order chi connectivity index (χ0) is 20.7. The second-order valence-electron chi connectivity index (χ2n) is 6.93. The van der Waals surface area contributed by atoms with Crippen molar-refractivity contribution in [2.24, 2.45) is 0 Å². The van der Waals surface area contributed by atoms with Crippen LogP contribution in [0.15, 0.2) is 0 Å². The summed E-state index contributed by atoms with van der Waals surface area (Å²) in [5.74, 6) is 6.93. The van der Waals surface area contributed by atoms with Crippen LogP contribution in [0, 0.1) is 0 Å². The molecule has 0 heterocycles. The van der Waals surface area contributed by atoms with Crippen LogP contribution in [0.4, 0.5) is 0 Å². The number of thioether (sulfide) groups is 5. The molecule has 0 bridgehead atoms. The number of hydrogen-bond acceptors (Lipinski definition) is 9. The van der Waals surface area contributed by atoms with Gasteiger partial charge in [-0.25, -0.2) is 0 Å². The molecule has 0 fully saturated rings. The van der Waals surface area contributed by atoms with Gasteiger partial charge in [-0.15, -0.1) is 0 Å². The first-order valence-electron chi connectivity index (χ1n) is 9.39. The average molecular weight is 479 g/mol. The van der Waals surface area contributed by atoms with E-state index in [2.05, 4.69) is 0 Å². The predicted molar refractivity (Wildman–Crippen MR) is 131 cm³/mol. The highest BCUT2D eigenvalue weighted by molar-refractivity contribution is 8.07. The summed E-state index contributed by atoms with van der Waals surface area (Å²) >= 11 is 9.14. The Morgan fingerprint density at radius 2 is 0.667 bits per heavy atom. The highest BCUT2D eigenvalue weighted by Gasteiger charge is 2.19. The molecule has 0 amide bonds. The van der Waals surface area contributed by atoms with Crippen LogP contribution >= 0.6 is 58.8 Å². The molecule has 4 nitrogen and oxygen atoms in total. The Labute approximate surface area is 187 Å². The van der Waals surface area contributed by atoms with E-state index in [1.54, 1.807) is 47.0 Å². The van der Waals surface area contributed by atoms with Gasteiger partial charge in [0.05, 0.1) is 24.4 Å². The smallest absolute Gasteiger partial charge is 0.0602 e. The molecule has 0 aromatic rings. The second-order valence-corrected chi connectivity index (χ2v) is 12.8. The maximum absolute atomic E-state index is 9.51. The first kappa shape index (κ1) is 28.6. The molecule has 4 unspecified atom stereocenters. The van der Waals surface area contributed by atoms with Gasteiger partial charge in [0.15, 0.2) is 0 Å². The third-order valence-electron chi connectivity index (χ3n) is 3.04. The van der Waals surface area contributed by atoms with E-state index in [-0.39, 0.29) is 24.4 Å². The molecule has 0 aliphatic heterocycles. The van der Waals surface area contributed by atoms with Gasteiger partial charge < -0.3 is 20.4 Å². The Bertz CT molecular complexity index is 275. The Morgan fingerprint density at radius 3 is 0.852 bits per heavy atom. The molecule has 4 N–H and O–H groups in total. The van der Waals surface area contributed by atoms with Crippen LogP contribution in [-0.4, -0.2) is 101 Å². The summed E-state index contributed by atoms with van der Waals surface area (Å²) in [4.78, 5) is 0. The van der Waals surface area contributed by atoms with Gasteiger partial charge in [-0.3, -0.25) is 0 Å². The van der Waals surface area contributed by atoms with Crippen molar-refractivity contribution in [1.29, 1.82) is 0 Å². The molecule has 0 rings (SSSR count). The molecule has 0 saturated heterocycles. The molecule has 0 aliphatic carbocycles. The van der Waals surface area contributed by atoms with Crippen molar-refractivity contribution in [3.05, 3.63) is 0 Å². The minimum Gasteiger partial charge on any atom is -0.393 e. The van der Waals surface area contributed by atoms with Crippen molar-refractivity contribution in [1.82, 2.24) is 0 Å². The van der Waals surface area contributed by atoms with E-state index in [1.165, 1.54) is 0 Å². The van der Waals surface area contributed by atoms with Crippen molar-refractivity contribution in [3.8, 4) is 0 Å². The van der Waals surface area contributed by atoms with E-state index in [0.29, 0.717) is 10.5 Å². The second kappa shape index (κ2) is 18.4. The summed E-state index contributed by atoms with van der Waals surface area (Å²) in [7, 11) is 0. The fourth-order valence-electron chi connectivity index (χ4n) is 2.01. The molecule has 9 heteroatoms. The highest BCUT2D eigenvalue weighted by Crippen LogP contribution is 2.30. The third-order valence-corrected chi connectivity index (χ3v) is 10.7. The Hall–Kier alpha value is 1.59. The first-order chi connectivity index (χ1) is 12.7. The van der Waals surface area contributed by atoms with Crippen LogP contribution in [0.5, 0.6) is 0 Å². The summed E-state index contributed by atoms with van der Waals surface area (Å²) in [5.41, 5.74) is 0. The molecule has 0 aliphatic rings. The van der Waals surface area contributed by atoms with Gasteiger partial charge in [-0.1, -0.05) is 0 Å². The monoisotopic (exact) mass is 478 g/mol. The van der Waals surface area contributed by atoms with Crippen LogP contribution in [0.1, 0.15) is 27.7 Å². The van der Waals surface area contributed by atoms with Crippen molar-refractivity contribution in [2.75, 3.05) is 46.0 Å².